The summed E-state index contributed by atoms with van der Waals surface area (Å²) in [6.07, 6.45) is 3.09. The van der Waals surface area contributed by atoms with Gasteiger partial charge in [0.15, 0.2) is 6.61 Å². The van der Waals surface area contributed by atoms with Crippen molar-refractivity contribution in [2.75, 3.05) is 18.5 Å². The van der Waals surface area contributed by atoms with Crippen molar-refractivity contribution in [1.29, 1.82) is 0 Å². The van der Waals surface area contributed by atoms with Crippen molar-refractivity contribution in [3.05, 3.63) is 58.6 Å². The van der Waals surface area contributed by atoms with Crippen LogP contribution < -0.4 is 20.8 Å². The van der Waals surface area contributed by atoms with Crippen LogP contribution in [0.3, 0.4) is 0 Å². The van der Waals surface area contributed by atoms with Crippen molar-refractivity contribution in [3.63, 3.8) is 0 Å². The topological polar surface area (TPSA) is 109 Å². The van der Waals surface area contributed by atoms with Crippen molar-refractivity contribution < 1.29 is 19.1 Å². The number of amides is 3. The largest absolute Gasteiger partial charge is 0.484 e. The molecule has 0 atom stereocenters. The maximum atomic E-state index is 12.1. The number of carbonyl (C=O) groups is 3. The quantitative estimate of drug-likeness (QED) is 0.239. The molecular formula is C22H25ClN4O4. The van der Waals surface area contributed by atoms with Gasteiger partial charge in [-0.2, -0.15) is 5.10 Å². The van der Waals surface area contributed by atoms with E-state index in [1.165, 1.54) is 6.21 Å². The first-order chi connectivity index (χ1) is 14.9. The maximum Gasteiger partial charge on any atom is 0.329 e. The van der Waals surface area contributed by atoms with Crippen molar-refractivity contribution in [1.82, 2.24) is 10.7 Å². The van der Waals surface area contributed by atoms with E-state index in [1.54, 1.807) is 42.5 Å². The van der Waals surface area contributed by atoms with Crippen LogP contribution in [0, 0.1) is 6.92 Å². The Morgan fingerprint density at radius 1 is 1.13 bits per heavy atom. The minimum atomic E-state index is -0.840. The summed E-state index contributed by atoms with van der Waals surface area (Å²) in [4.78, 5) is 35.4. The summed E-state index contributed by atoms with van der Waals surface area (Å²) >= 11 is 6.05. The number of hydrogen-bond acceptors (Lipinski definition) is 5. The third kappa shape index (κ3) is 8.10. The number of hydrazone groups is 1. The molecule has 0 unspecified atom stereocenters. The molecule has 0 aliphatic rings. The van der Waals surface area contributed by atoms with Crippen LogP contribution in [0.5, 0.6) is 5.75 Å². The van der Waals surface area contributed by atoms with Crippen molar-refractivity contribution >= 4 is 41.2 Å². The lowest BCUT2D eigenvalue weighted by Gasteiger charge is -2.10. The summed E-state index contributed by atoms with van der Waals surface area (Å²) in [7, 11) is 0. The molecule has 0 radical (unpaired) electrons. The number of rotatable bonds is 9. The fourth-order valence-electron chi connectivity index (χ4n) is 2.44. The predicted octanol–water partition coefficient (Wildman–Crippen LogP) is 3.03. The van der Waals surface area contributed by atoms with Crippen LogP contribution in [-0.4, -0.2) is 37.1 Å². The molecule has 31 heavy (non-hydrogen) atoms. The predicted molar refractivity (Wildman–Crippen MR) is 120 cm³/mol. The van der Waals surface area contributed by atoms with Gasteiger partial charge in [0.25, 0.3) is 5.91 Å². The summed E-state index contributed by atoms with van der Waals surface area (Å²) in [5.41, 5.74) is 4.18. The van der Waals surface area contributed by atoms with Crippen molar-refractivity contribution in [2.45, 2.75) is 26.7 Å². The molecule has 0 bridgehead atoms. The van der Waals surface area contributed by atoms with E-state index >= 15 is 0 Å². The molecule has 164 valence electrons. The molecule has 9 heteroatoms. The monoisotopic (exact) mass is 444 g/mol. The first-order valence-electron chi connectivity index (χ1n) is 9.79. The van der Waals surface area contributed by atoms with E-state index < -0.39 is 11.8 Å². The van der Waals surface area contributed by atoms with E-state index in [9.17, 15) is 14.4 Å². The summed E-state index contributed by atoms with van der Waals surface area (Å²) in [6, 6.07) is 12.0. The van der Waals surface area contributed by atoms with Gasteiger partial charge in [-0.05, 0) is 48.7 Å². The Morgan fingerprint density at radius 3 is 2.68 bits per heavy atom. The van der Waals surface area contributed by atoms with Gasteiger partial charge in [0.05, 0.1) is 6.21 Å². The second-order valence-electron chi connectivity index (χ2n) is 6.63. The molecule has 0 fully saturated rings. The number of benzene rings is 2. The molecule has 3 N–H and O–H groups in total. The van der Waals surface area contributed by atoms with Crippen LogP contribution in [0.25, 0.3) is 0 Å². The van der Waals surface area contributed by atoms with E-state index in [2.05, 4.69) is 21.2 Å². The van der Waals surface area contributed by atoms with Crippen LogP contribution >= 0.6 is 11.6 Å². The Balaban J connectivity index is 1.84. The van der Waals surface area contributed by atoms with E-state index in [-0.39, 0.29) is 12.5 Å². The Bertz CT molecular complexity index is 962. The molecule has 0 aromatic heterocycles. The lowest BCUT2D eigenvalue weighted by atomic mass is 10.2. The van der Waals surface area contributed by atoms with Crippen LogP contribution in [-0.2, 0) is 14.4 Å². The number of nitrogens with one attached hydrogen (secondary N) is 3. The molecule has 2 aromatic carbocycles. The Hall–Kier alpha value is -3.39. The molecule has 8 nitrogen and oxygen atoms in total. The smallest absolute Gasteiger partial charge is 0.329 e. The van der Waals surface area contributed by atoms with E-state index in [1.807, 2.05) is 13.8 Å². The molecule has 0 saturated heterocycles. The molecule has 0 aliphatic carbocycles. The van der Waals surface area contributed by atoms with Crippen LogP contribution in [0.15, 0.2) is 47.6 Å². The molecule has 0 spiro atoms. The molecule has 0 aliphatic heterocycles. The van der Waals surface area contributed by atoms with Crippen molar-refractivity contribution in [3.8, 4) is 5.75 Å². The SMILES string of the molecule is CCCCNC(=O)C(=O)N/N=C\c1cccc(OCC(=O)Nc2cccc(Cl)c2C)c1. The average Bonchev–Trinajstić information content (AvgIpc) is 2.76. The van der Waals surface area contributed by atoms with Gasteiger partial charge in [-0.15, -0.1) is 0 Å². The van der Waals surface area contributed by atoms with E-state index in [0.29, 0.717) is 28.6 Å². The summed E-state index contributed by atoms with van der Waals surface area (Å²) in [6.45, 7) is 4.05. The van der Waals surface area contributed by atoms with Crippen LogP contribution in [0.1, 0.15) is 30.9 Å². The lowest BCUT2D eigenvalue weighted by Crippen LogP contribution is -2.38. The van der Waals surface area contributed by atoms with Gasteiger partial charge in [-0.3, -0.25) is 14.4 Å². The minimum Gasteiger partial charge on any atom is -0.484 e. The van der Waals surface area contributed by atoms with Gasteiger partial charge in [-0.25, -0.2) is 5.43 Å². The summed E-state index contributed by atoms with van der Waals surface area (Å²) in [5.74, 6) is -1.45. The fourth-order valence-corrected chi connectivity index (χ4v) is 2.61. The number of halogens is 1. The lowest BCUT2D eigenvalue weighted by molar-refractivity contribution is -0.139. The Labute approximate surface area is 186 Å². The van der Waals surface area contributed by atoms with E-state index in [0.717, 1.165) is 18.4 Å². The standard InChI is InChI=1S/C22H25ClN4O4/c1-3-4-11-24-21(29)22(30)27-25-13-16-7-5-8-17(12-16)31-14-20(28)26-19-10-6-9-18(23)15(19)2/h5-10,12-13H,3-4,11,14H2,1-2H3,(H,24,29)(H,26,28)(H,27,30)/b25-13-. The first-order valence-corrected chi connectivity index (χ1v) is 10.2. The second kappa shape index (κ2) is 12.3. The van der Waals surface area contributed by atoms with E-state index in [4.69, 9.17) is 16.3 Å². The highest BCUT2D eigenvalue weighted by Crippen LogP contribution is 2.22. The van der Waals surface area contributed by atoms with Gasteiger partial charge in [0.1, 0.15) is 5.75 Å². The molecule has 0 saturated carbocycles. The first kappa shape index (κ1) is 23.9. The normalized spacial score (nSPS) is 10.5. The number of ether oxygens (including phenoxy) is 1. The molecule has 2 rings (SSSR count). The summed E-state index contributed by atoms with van der Waals surface area (Å²) < 4.78 is 5.51. The Morgan fingerprint density at radius 2 is 1.90 bits per heavy atom. The third-order valence-corrected chi connectivity index (χ3v) is 4.58. The number of nitrogens with zero attached hydrogens (tertiary/aromatic N) is 1. The van der Waals surface area contributed by atoms with Gasteiger partial charge >= 0.3 is 11.8 Å². The molecular weight excluding hydrogens is 420 g/mol. The number of carbonyl (C=O) groups excluding carboxylic acids is 3. The fraction of sp³-hybridized carbons (Fsp3) is 0.273. The van der Waals surface area contributed by atoms with Gasteiger partial charge in [-0.1, -0.05) is 43.1 Å². The minimum absolute atomic E-state index is 0.193. The summed E-state index contributed by atoms with van der Waals surface area (Å²) in [5, 5.41) is 9.59. The zero-order chi connectivity index (χ0) is 22.6. The van der Waals surface area contributed by atoms with Gasteiger partial charge in [0.2, 0.25) is 0 Å². The zero-order valence-corrected chi connectivity index (χ0v) is 18.2. The maximum absolute atomic E-state index is 12.1. The second-order valence-corrected chi connectivity index (χ2v) is 7.04. The van der Waals surface area contributed by atoms with Crippen LogP contribution in [0.4, 0.5) is 5.69 Å². The third-order valence-electron chi connectivity index (χ3n) is 4.17. The molecule has 3 amide bonds. The number of anilines is 1. The average molecular weight is 445 g/mol. The number of hydrogen-bond donors (Lipinski definition) is 3. The molecule has 0 heterocycles. The molecule has 2 aromatic rings. The van der Waals surface area contributed by atoms with Crippen molar-refractivity contribution in [2.24, 2.45) is 5.10 Å². The highest BCUT2D eigenvalue weighted by Gasteiger charge is 2.11. The van der Waals surface area contributed by atoms with Gasteiger partial charge < -0.3 is 15.4 Å². The zero-order valence-electron chi connectivity index (χ0n) is 17.4. The highest BCUT2D eigenvalue weighted by molar-refractivity contribution is 6.35. The Kier molecular flexibility index (Phi) is 9.51. The highest BCUT2D eigenvalue weighted by atomic mass is 35.5. The van der Waals surface area contributed by atoms with Crippen LogP contribution in [0.2, 0.25) is 5.02 Å². The number of unbranched alkanes of at least 4 members (excludes halogenated alkanes) is 1. The van der Waals surface area contributed by atoms with Gasteiger partial charge in [0, 0.05) is 17.3 Å².